The van der Waals surface area contributed by atoms with Crippen LogP contribution in [0.4, 0.5) is 8.78 Å². The molecule has 0 saturated carbocycles. The van der Waals surface area contributed by atoms with E-state index in [-0.39, 0.29) is 22.6 Å². The molecule has 18 heavy (non-hydrogen) atoms. The van der Waals surface area contributed by atoms with Gasteiger partial charge in [0.15, 0.2) is 0 Å². The maximum atomic E-state index is 13.7. The first-order valence-electron chi connectivity index (χ1n) is 5.57. The molecule has 0 aliphatic rings. The standard InChI is InChI=1S/C12H16BrF2NOS/c1-8(5-6-18(2)17)16-7-9-11(14)4-3-10(13)12(9)15/h3-4,8,16H,5-7H2,1-2H3. The summed E-state index contributed by atoms with van der Waals surface area (Å²) in [7, 11) is -0.842. The van der Waals surface area contributed by atoms with Gasteiger partial charge in [0.2, 0.25) is 0 Å². The molecule has 0 aliphatic heterocycles. The minimum Gasteiger partial charge on any atom is -0.310 e. The van der Waals surface area contributed by atoms with Crippen molar-refractivity contribution in [3.63, 3.8) is 0 Å². The Bertz CT molecular complexity index is 442. The van der Waals surface area contributed by atoms with Crippen LogP contribution in [0, 0.1) is 11.6 Å². The molecule has 1 N–H and O–H groups in total. The van der Waals surface area contributed by atoms with E-state index in [4.69, 9.17) is 0 Å². The van der Waals surface area contributed by atoms with Gasteiger partial charge in [-0.3, -0.25) is 4.21 Å². The van der Waals surface area contributed by atoms with E-state index < -0.39 is 22.4 Å². The summed E-state index contributed by atoms with van der Waals surface area (Å²) in [5, 5.41) is 3.03. The largest absolute Gasteiger partial charge is 0.310 e. The van der Waals surface area contributed by atoms with Crippen LogP contribution in [0.1, 0.15) is 18.9 Å². The van der Waals surface area contributed by atoms with Gasteiger partial charge in [-0.2, -0.15) is 0 Å². The summed E-state index contributed by atoms with van der Waals surface area (Å²) in [5.74, 6) is -0.555. The number of hydrogen-bond acceptors (Lipinski definition) is 2. The van der Waals surface area contributed by atoms with Crippen LogP contribution in [0.25, 0.3) is 0 Å². The minimum atomic E-state index is -0.842. The predicted octanol–water partition coefficient (Wildman–Crippen LogP) is 2.97. The third-order valence-corrected chi connectivity index (χ3v) is 4.03. The van der Waals surface area contributed by atoms with E-state index in [1.54, 1.807) is 6.26 Å². The molecule has 0 radical (unpaired) electrons. The molecular formula is C12H16BrF2NOS. The Balaban J connectivity index is 2.58. The van der Waals surface area contributed by atoms with Crippen molar-refractivity contribution in [2.45, 2.75) is 25.9 Å². The van der Waals surface area contributed by atoms with E-state index in [2.05, 4.69) is 21.2 Å². The molecule has 0 heterocycles. The van der Waals surface area contributed by atoms with Gasteiger partial charge in [-0.15, -0.1) is 0 Å². The fourth-order valence-electron chi connectivity index (χ4n) is 1.45. The normalized spacial score (nSPS) is 14.5. The van der Waals surface area contributed by atoms with Gasteiger partial charge in [0.25, 0.3) is 0 Å². The average molecular weight is 340 g/mol. The fraction of sp³-hybridized carbons (Fsp3) is 0.500. The van der Waals surface area contributed by atoms with Crippen molar-refractivity contribution in [3.05, 3.63) is 33.8 Å². The Morgan fingerprint density at radius 2 is 2.11 bits per heavy atom. The molecule has 0 fully saturated rings. The van der Waals surface area contributed by atoms with Crippen LogP contribution >= 0.6 is 15.9 Å². The summed E-state index contributed by atoms with van der Waals surface area (Å²) >= 11 is 3.03. The van der Waals surface area contributed by atoms with Crippen molar-refractivity contribution in [3.8, 4) is 0 Å². The van der Waals surface area contributed by atoms with Crippen LogP contribution in [0.3, 0.4) is 0 Å². The lowest BCUT2D eigenvalue weighted by Crippen LogP contribution is -2.27. The summed E-state index contributed by atoms with van der Waals surface area (Å²) in [4.78, 5) is 0. The molecule has 102 valence electrons. The molecule has 0 bridgehead atoms. The van der Waals surface area contributed by atoms with Gasteiger partial charge in [0, 0.05) is 41.0 Å². The zero-order chi connectivity index (χ0) is 13.7. The lowest BCUT2D eigenvalue weighted by atomic mass is 10.1. The van der Waals surface area contributed by atoms with Crippen LogP contribution in [-0.4, -0.2) is 22.3 Å². The third kappa shape index (κ3) is 4.74. The molecule has 1 aromatic rings. The SMILES string of the molecule is CC(CCS(C)=O)NCc1c(F)ccc(Br)c1F. The fourth-order valence-corrected chi connectivity index (χ4v) is 2.51. The van der Waals surface area contributed by atoms with Crippen LogP contribution in [0.2, 0.25) is 0 Å². The zero-order valence-electron chi connectivity index (χ0n) is 10.3. The highest BCUT2D eigenvalue weighted by Crippen LogP contribution is 2.21. The summed E-state index contributed by atoms with van der Waals surface area (Å²) < 4.78 is 38.3. The molecule has 0 amide bonds. The third-order valence-electron chi connectivity index (χ3n) is 2.60. The lowest BCUT2D eigenvalue weighted by molar-refractivity contribution is 0.491. The molecule has 2 unspecified atom stereocenters. The first-order chi connectivity index (χ1) is 8.41. The second-order valence-electron chi connectivity index (χ2n) is 4.17. The average Bonchev–Trinajstić information content (AvgIpc) is 2.31. The van der Waals surface area contributed by atoms with Crippen LogP contribution in [-0.2, 0) is 17.3 Å². The maximum Gasteiger partial charge on any atom is 0.144 e. The smallest absolute Gasteiger partial charge is 0.144 e. The molecule has 0 spiro atoms. The van der Waals surface area contributed by atoms with Crippen molar-refractivity contribution < 1.29 is 13.0 Å². The topological polar surface area (TPSA) is 29.1 Å². The Hall–Kier alpha value is -0.330. The van der Waals surface area contributed by atoms with Crippen molar-refractivity contribution in [1.82, 2.24) is 5.32 Å². The molecular weight excluding hydrogens is 324 g/mol. The second-order valence-corrected chi connectivity index (χ2v) is 6.58. The summed E-state index contributed by atoms with van der Waals surface area (Å²) in [6, 6.07) is 2.64. The number of halogens is 3. The Morgan fingerprint density at radius 3 is 2.72 bits per heavy atom. The van der Waals surface area contributed by atoms with E-state index in [1.165, 1.54) is 12.1 Å². The van der Waals surface area contributed by atoms with Gasteiger partial charge >= 0.3 is 0 Å². The number of benzene rings is 1. The monoisotopic (exact) mass is 339 g/mol. The van der Waals surface area contributed by atoms with Crippen LogP contribution in [0.5, 0.6) is 0 Å². The highest BCUT2D eigenvalue weighted by Gasteiger charge is 2.13. The van der Waals surface area contributed by atoms with Crippen molar-refractivity contribution >= 4 is 26.7 Å². The van der Waals surface area contributed by atoms with Gasteiger partial charge in [-0.25, -0.2) is 8.78 Å². The van der Waals surface area contributed by atoms with E-state index >= 15 is 0 Å². The van der Waals surface area contributed by atoms with Crippen LogP contribution in [0.15, 0.2) is 16.6 Å². The summed E-state index contributed by atoms with van der Waals surface area (Å²) in [6.45, 7) is 2.02. The van der Waals surface area contributed by atoms with Gasteiger partial charge in [-0.05, 0) is 41.4 Å². The van der Waals surface area contributed by atoms with E-state index in [0.29, 0.717) is 12.2 Å². The highest BCUT2D eigenvalue weighted by atomic mass is 79.9. The van der Waals surface area contributed by atoms with Crippen molar-refractivity contribution in [2.75, 3.05) is 12.0 Å². The number of nitrogens with one attached hydrogen (secondary N) is 1. The molecule has 6 heteroatoms. The quantitative estimate of drug-likeness (QED) is 0.807. The molecule has 0 aliphatic carbocycles. The molecule has 2 atom stereocenters. The van der Waals surface area contributed by atoms with Crippen molar-refractivity contribution in [1.29, 1.82) is 0 Å². The van der Waals surface area contributed by atoms with Crippen molar-refractivity contribution in [2.24, 2.45) is 0 Å². The molecule has 2 nitrogen and oxygen atoms in total. The minimum absolute atomic E-state index is 0.0221. The molecule has 1 aromatic carbocycles. The Morgan fingerprint density at radius 1 is 1.44 bits per heavy atom. The van der Waals surface area contributed by atoms with Gasteiger partial charge in [-0.1, -0.05) is 0 Å². The van der Waals surface area contributed by atoms with E-state index in [0.717, 1.165) is 0 Å². The summed E-state index contributed by atoms with van der Waals surface area (Å²) in [5.41, 5.74) is 0.0221. The first-order valence-corrected chi connectivity index (χ1v) is 8.09. The number of hydrogen-bond donors (Lipinski definition) is 1. The van der Waals surface area contributed by atoms with Gasteiger partial charge in [0.05, 0.1) is 4.47 Å². The van der Waals surface area contributed by atoms with Crippen LogP contribution < -0.4 is 5.32 Å². The second kappa shape index (κ2) is 7.31. The molecule has 0 saturated heterocycles. The van der Waals surface area contributed by atoms with Gasteiger partial charge < -0.3 is 5.32 Å². The Kier molecular flexibility index (Phi) is 6.38. The van der Waals surface area contributed by atoms with Gasteiger partial charge in [0.1, 0.15) is 11.6 Å². The Labute approximate surface area is 117 Å². The molecule has 0 aromatic heterocycles. The van der Waals surface area contributed by atoms with E-state index in [1.807, 2.05) is 6.92 Å². The lowest BCUT2D eigenvalue weighted by Gasteiger charge is -2.14. The highest BCUT2D eigenvalue weighted by molar-refractivity contribution is 9.10. The summed E-state index contributed by atoms with van der Waals surface area (Å²) in [6.07, 6.45) is 2.35. The predicted molar refractivity (Wildman–Crippen MR) is 73.9 cm³/mol. The van der Waals surface area contributed by atoms with E-state index in [9.17, 15) is 13.0 Å². The molecule has 1 rings (SSSR count). The zero-order valence-corrected chi connectivity index (χ0v) is 12.7. The number of rotatable bonds is 6. The first kappa shape index (κ1) is 15.7. The maximum absolute atomic E-state index is 13.7.